The lowest BCUT2D eigenvalue weighted by atomic mass is 10.1. The lowest BCUT2D eigenvalue weighted by Gasteiger charge is -2.03. The third-order valence-electron chi connectivity index (χ3n) is 5.30. The number of para-hydroxylation sites is 2. The molecule has 1 amide bonds. The first kappa shape index (κ1) is 20.8. The van der Waals surface area contributed by atoms with Crippen LogP contribution in [-0.2, 0) is 4.79 Å². The minimum Gasteiger partial charge on any atom is -0.457 e. The van der Waals surface area contributed by atoms with Gasteiger partial charge in [-0.1, -0.05) is 35.9 Å². The second-order valence-electron chi connectivity index (χ2n) is 7.67. The largest absolute Gasteiger partial charge is 0.457 e. The highest BCUT2D eigenvalue weighted by Crippen LogP contribution is 2.27. The van der Waals surface area contributed by atoms with Crippen LogP contribution >= 0.6 is 11.6 Å². The number of furan rings is 1. The Balaban J connectivity index is 1.23. The molecule has 0 saturated heterocycles. The normalized spacial score (nSPS) is 11.3. The predicted molar refractivity (Wildman–Crippen MR) is 133 cm³/mol. The molecular weight excluding hydrogens is 434 g/mol. The fraction of sp³-hybridized carbons (Fsp3) is 0.0370. The number of hydrogen-bond acceptors (Lipinski definition) is 3. The highest BCUT2D eigenvalue weighted by Gasteiger charge is 2.07. The molecule has 33 heavy (non-hydrogen) atoms. The van der Waals surface area contributed by atoms with E-state index in [0.717, 1.165) is 33.5 Å². The molecule has 0 aliphatic carbocycles. The molecule has 0 radical (unpaired) electrons. The lowest BCUT2D eigenvalue weighted by Crippen LogP contribution is -2.07. The topological polar surface area (TPSA) is 70.9 Å². The first-order valence-corrected chi connectivity index (χ1v) is 10.8. The molecule has 0 spiro atoms. The van der Waals surface area contributed by atoms with E-state index in [1.165, 1.54) is 6.08 Å². The van der Waals surface area contributed by atoms with Crippen molar-refractivity contribution in [3.63, 3.8) is 0 Å². The fourth-order valence-corrected chi connectivity index (χ4v) is 3.67. The third kappa shape index (κ3) is 4.59. The first-order chi connectivity index (χ1) is 16.0. The second kappa shape index (κ2) is 8.81. The number of carbonyl (C=O) groups is 1. The Morgan fingerprint density at radius 1 is 1.00 bits per heavy atom. The van der Waals surface area contributed by atoms with Crippen LogP contribution < -0.4 is 5.32 Å². The summed E-state index contributed by atoms with van der Waals surface area (Å²) in [5.41, 5.74) is 5.44. The number of aromatic amines is 1. The van der Waals surface area contributed by atoms with Crippen LogP contribution in [0.4, 0.5) is 5.69 Å². The molecule has 3 aromatic carbocycles. The summed E-state index contributed by atoms with van der Waals surface area (Å²) in [7, 11) is 0. The minimum atomic E-state index is -0.247. The third-order valence-corrected chi connectivity index (χ3v) is 5.70. The smallest absolute Gasteiger partial charge is 0.248 e. The van der Waals surface area contributed by atoms with E-state index >= 15 is 0 Å². The summed E-state index contributed by atoms with van der Waals surface area (Å²) in [4.78, 5) is 20.2. The summed E-state index contributed by atoms with van der Waals surface area (Å²) < 4.78 is 5.82. The van der Waals surface area contributed by atoms with E-state index in [9.17, 15) is 4.79 Å². The molecule has 0 unspecified atom stereocenters. The van der Waals surface area contributed by atoms with Crippen LogP contribution in [0.1, 0.15) is 11.3 Å². The van der Waals surface area contributed by atoms with Gasteiger partial charge in [0.25, 0.3) is 0 Å². The molecule has 0 fully saturated rings. The van der Waals surface area contributed by atoms with Crippen LogP contribution in [0, 0.1) is 6.92 Å². The number of carbonyl (C=O) groups excluding carboxylic acids is 1. The number of amides is 1. The van der Waals surface area contributed by atoms with Crippen molar-refractivity contribution in [1.82, 2.24) is 9.97 Å². The second-order valence-corrected chi connectivity index (χ2v) is 8.08. The van der Waals surface area contributed by atoms with Crippen molar-refractivity contribution in [2.45, 2.75) is 6.92 Å². The van der Waals surface area contributed by atoms with Gasteiger partial charge in [0, 0.05) is 27.9 Å². The number of aromatic nitrogens is 2. The molecule has 0 aliphatic rings. The Morgan fingerprint density at radius 3 is 2.58 bits per heavy atom. The highest BCUT2D eigenvalue weighted by molar-refractivity contribution is 6.31. The Hall–Kier alpha value is -4.09. The summed E-state index contributed by atoms with van der Waals surface area (Å²) >= 11 is 6.20. The van der Waals surface area contributed by atoms with Crippen molar-refractivity contribution in [2.24, 2.45) is 0 Å². The van der Waals surface area contributed by atoms with E-state index < -0.39 is 0 Å². The SMILES string of the molecule is Cc1ccc(-c2ccc(/C=C/C(=O)Nc3ccc(-c4nc5ccccc5[nH]4)cc3)o2)cc1Cl. The van der Waals surface area contributed by atoms with Gasteiger partial charge in [-0.3, -0.25) is 4.79 Å². The number of fused-ring (bicyclic) bond motifs is 1. The summed E-state index contributed by atoms with van der Waals surface area (Å²) in [6.07, 6.45) is 3.08. The molecule has 2 heterocycles. The molecule has 5 rings (SSSR count). The zero-order chi connectivity index (χ0) is 22.8. The number of benzene rings is 3. The van der Waals surface area contributed by atoms with Crippen molar-refractivity contribution in [3.8, 4) is 22.7 Å². The van der Waals surface area contributed by atoms with Crippen LogP contribution in [0.15, 0.2) is 89.4 Å². The van der Waals surface area contributed by atoms with Crippen LogP contribution in [0.2, 0.25) is 5.02 Å². The number of nitrogens with one attached hydrogen (secondary N) is 2. The molecule has 5 nitrogen and oxygen atoms in total. The maximum atomic E-state index is 12.3. The van der Waals surface area contributed by atoms with Gasteiger partial charge in [0.2, 0.25) is 5.91 Å². The summed E-state index contributed by atoms with van der Waals surface area (Å²) in [6.45, 7) is 1.95. The number of H-pyrrole nitrogens is 1. The van der Waals surface area contributed by atoms with Gasteiger partial charge in [-0.2, -0.15) is 0 Å². The van der Waals surface area contributed by atoms with Crippen molar-refractivity contribution < 1.29 is 9.21 Å². The Morgan fingerprint density at radius 2 is 1.79 bits per heavy atom. The van der Waals surface area contributed by atoms with Crippen LogP contribution in [-0.4, -0.2) is 15.9 Å². The molecule has 2 N–H and O–H groups in total. The van der Waals surface area contributed by atoms with Gasteiger partial charge in [-0.15, -0.1) is 0 Å². The molecule has 0 atom stereocenters. The van der Waals surface area contributed by atoms with Gasteiger partial charge in [-0.25, -0.2) is 4.98 Å². The van der Waals surface area contributed by atoms with Crippen molar-refractivity contribution in [3.05, 3.63) is 101 Å². The number of anilines is 1. The van der Waals surface area contributed by atoms with Gasteiger partial charge in [0.1, 0.15) is 17.3 Å². The van der Waals surface area contributed by atoms with E-state index in [2.05, 4.69) is 15.3 Å². The number of imidazole rings is 1. The maximum Gasteiger partial charge on any atom is 0.248 e. The molecule has 0 bridgehead atoms. The van der Waals surface area contributed by atoms with Crippen molar-refractivity contribution in [1.29, 1.82) is 0 Å². The van der Waals surface area contributed by atoms with E-state index in [-0.39, 0.29) is 5.91 Å². The number of nitrogens with zero attached hydrogens (tertiary/aromatic N) is 1. The zero-order valence-electron chi connectivity index (χ0n) is 17.8. The monoisotopic (exact) mass is 453 g/mol. The Bertz CT molecular complexity index is 1450. The lowest BCUT2D eigenvalue weighted by molar-refractivity contribution is -0.111. The van der Waals surface area contributed by atoms with Gasteiger partial charge < -0.3 is 14.7 Å². The number of halogens is 1. The molecule has 0 saturated carbocycles. The highest BCUT2D eigenvalue weighted by atomic mass is 35.5. The number of aryl methyl sites for hydroxylation is 1. The zero-order valence-corrected chi connectivity index (χ0v) is 18.6. The average Bonchev–Trinajstić information content (AvgIpc) is 3.47. The van der Waals surface area contributed by atoms with E-state index in [4.69, 9.17) is 16.0 Å². The molecular formula is C27H20ClN3O2. The van der Waals surface area contributed by atoms with Crippen molar-refractivity contribution in [2.75, 3.05) is 5.32 Å². The maximum absolute atomic E-state index is 12.3. The van der Waals surface area contributed by atoms with E-state index in [1.807, 2.05) is 85.8 Å². The number of hydrogen-bond donors (Lipinski definition) is 2. The average molecular weight is 454 g/mol. The summed E-state index contributed by atoms with van der Waals surface area (Å²) in [5.74, 6) is 1.82. The number of rotatable bonds is 5. The first-order valence-electron chi connectivity index (χ1n) is 10.5. The van der Waals surface area contributed by atoms with E-state index in [1.54, 1.807) is 6.08 Å². The molecule has 5 aromatic rings. The molecule has 6 heteroatoms. The van der Waals surface area contributed by atoms with Gasteiger partial charge in [-0.05, 0) is 73.2 Å². The summed E-state index contributed by atoms with van der Waals surface area (Å²) in [6, 6.07) is 24.9. The minimum absolute atomic E-state index is 0.247. The quantitative estimate of drug-likeness (QED) is 0.279. The van der Waals surface area contributed by atoms with Crippen LogP contribution in [0.25, 0.3) is 39.8 Å². The summed E-state index contributed by atoms with van der Waals surface area (Å²) in [5, 5.41) is 3.54. The van der Waals surface area contributed by atoms with Crippen LogP contribution in [0.5, 0.6) is 0 Å². The molecule has 2 aromatic heterocycles. The Kier molecular flexibility index (Phi) is 5.55. The van der Waals surface area contributed by atoms with E-state index in [0.29, 0.717) is 22.2 Å². The molecule has 0 aliphatic heterocycles. The Labute approximate surface area is 195 Å². The van der Waals surface area contributed by atoms with Gasteiger partial charge >= 0.3 is 0 Å². The molecule has 162 valence electrons. The fourth-order valence-electron chi connectivity index (χ4n) is 3.49. The van der Waals surface area contributed by atoms with Gasteiger partial charge in [0.15, 0.2) is 0 Å². The predicted octanol–water partition coefficient (Wildman–Crippen LogP) is 7.10. The standard InChI is InChI=1S/C27H20ClN3O2/c1-17-6-7-19(16-22(17)28)25-14-12-21(33-25)13-15-26(32)29-20-10-8-18(9-11-20)27-30-23-4-2-3-5-24(23)31-27/h2-16H,1H3,(H,29,32)(H,30,31)/b15-13+. The van der Waals surface area contributed by atoms with Gasteiger partial charge in [0.05, 0.1) is 11.0 Å². The van der Waals surface area contributed by atoms with Crippen molar-refractivity contribution >= 4 is 40.3 Å². The van der Waals surface area contributed by atoms with Crippen LogP contribution in [0.3, 0.4) is 0 Å².